The van der Waals surface area contributed by atoms with Gasteiger partial charge in [-0.05, 0) is 49.1 Å². The van der Waals surface area contributed by atoms with Crippen LogP contribution in [0.4, 0.5) is 8.78 Å². The lowest BCUT2D eigenvalue weighted by Gasteiger charge is -2.20. The predicted molar refractivity (Wildman–Crippen MR) is 169 cm³/mol. The molecular formula is C35H33F2N7O4. The molecule has 48 heavy (non-hydrogen) atoms. The molecule has 1 aliphatic heterocycles. The lowest BCUT2D eigenvalue weighted by molar-refractivity contribution is 0.0600. The number of methoxy groups -OCH3 is 2. The van der Waals surface area contributed by atoms with E-state index in [2.05, 4.69) is 30.9 Å². The maximum absolute atomic E-state index is 15.0. The highest BCUT2D eigenvalue weighted by Gasteiger charge is 2.57. The molecular weight excluding hydrogens is 620 g/mol. The number of carbonyl (C=O) groups excluding carboxylic acids is 1. The Morgan fingerprint density at radius 3 is 2.56 bits per heavy atom. The van der Waals surface area contributed by atoms with Crippen molar-refractivity contribution in [2.24, 2.45) is 11.8 Å². The third-order valence-corrected chi connectivity index (χ3v) is 9.35. The quantitative estimate of drug-likeness (QED) is 0.180. The van der Waals surface area contributed by atoms with Crippen molar-refractivity contribution >= 4 is 17.0 Å². The first kappa shape index (κ1) is 31.3. The Kier molecular flexibility index (Phi) is 8.26. The van der Waals surface area contributed by atoms with Crippen molar-refractivity contribution in [1.82, 2.24) is 29.0 Å². The van der Waals surface area contributed by atoms with Crippen LogP contribution in [0.5, 0.6) is 11.6 Å². The number of rotatable bonds is 11. The standard InChI is InChI=1S/C35H33F2N7O4/c1-4-43-19-39-13-23(43)14-44-28-10-22(35(45)47-3)11-29(46-2)34(28)40-30(44)17-42-15-24-25(16-42)32(24)33-26(36)7-8-31(41-33)48-18-21-6-5-20(12-38)9-27(21)37/h5-11,13,19,24-25,32H,4,14-18H2,1-3H3/t24-,25+,32?. The van der Waals surface area contributed by atoms with Gasteiger partial charge in [0, 0.05) is 43.4 Å². The number of hydrogen-bond donors (Lipinski definition) is 0. The zero-order valence-electron chi connectivity index (χ0n) is 26.7. The first-order valence-corrected chi connectivity index (χ1v) is 15.7. The van der Waals surface area contributed by atoms with Crippen molar-refractivity contribution < 1.29 is 27.8 Å². The molecule has 0 spiro atoms. The van der Waals surface area contributed by atoms with Crippen molar-refractivity contribution in [2.75, 3.05) is 27.3 Å². The number of fused-ring (bicyclic) bond motifs is 2. The van der Waals surface area contributed by atoms with Gasteiger partial charge in [-0.1, -0.05) is 6.07 Å². The molecule has 11 nitrogen and oxygen atoms in total. The lowest BCUT2D eigenvalue weighted by atomic mass is 10.1. The maximum atomic E-state index is 15.0. The number of piperidine rings is 1. The zero-order valence-corrected chi connectivity index (χ0v) is 26.7. The van der Waals surface area contributed by atoms with E-state index in [1.165, 1.54) is 31.4 Å². The fraction of sp³-hybridized carbons (Fsp3) is 0.343. The highest BCUT2D eigenvalue weighted by Crippen LogP contribution is 2.58. The molecule has 0 N–H and O–H groups in total. The van der Waals surface area contributed by atoms with Crippen LogP contribution in [0.25, 0.3) is 11.0 Å². The molecule has 3 aromatic heterocycles. The Balaban J connectivity index is 1.09. The summed E-state index contributed by atoms with van der Waals surface area (Å²) in [7, 11) is 2.89. The molecule has 7 rings (SSSR count). The number of ether oxygens (including phenoxy) is 3. The molecule has 3 atom stereocenters. The van der Waals surface area contributed by atoms with E-state index in [0.29, 0.717) is 35.6 Å². The number of halogens is 2. The Morgan fingerprint density at radius 1 is 1.04 bits per heavy atom. The second-order valence-corrected chi connectivity index (χ2v) is 12.1. The van der Waals surface area contributed by atoms with Crippen molar-refractivity contribution in [3.8, 4) is 17.7 Å². The molecule has 2 fully saturated rings. The Labute approximate surface area is 275 Å². The summed E-state index contributed by atoms with van der Waals surface area (Å²) in [5.74, 6) is 0.505. The molecule has 1 aliphatic carbocycles. The van der Waals surface area contributed by atoms with Crippen LogP contribution < -0.4 is 9.47 Å². The zero-order chi connectivity index (χ0) is 33.5. The number of aryl methyl sites for hydroxylation is 1. The van der Waals surface area contributed by atoms with Gasteiger partial charge in [-0.3, -0.25) is 4.90 Å². The van der Waals surface area contributed by atoms with Crippen LogP contribution in [0.1, 0.15) is 51.5 Å². The number of carbonyl (C=O) groups is 1. The average molecular weight is 654 g/mol. The minimum Gasteiger partial charge on any atom is -0.494 e. The molecule has 2 aromatic carbocycles. The summed E-state index contributed by atoms with van der Waals surface area (Å²) in [6.45, 7) is 5.22. The fourth-order valence-electron chi connectivity index (χ4n) is 6.84. The summed E-state index contributed by atoms with van der Waals surface area (Å²) in [5, 5.41) is 8.97. The average Bonchev–Trinajstić information content (AvgIpc) is 3.44. The van der Waals surface area contributed by atoms with E-state index in [0.717, 1.165) is 42.7 Å². The maximum Gasteiger partial charge on any atom is 0.338 e. The van der Waals surface area contributed by atoms with Crippen LogP contribution in [0.3, 0.4) is 0 Å². The second kappa shape index (κ2) is 12.7. The number of pyridine rings is 1. The summed E-state index contributed by atoms with van der Waals surface area (Å²) in [6.07, 6.45) is 3.62. The van der Waals surface area contributed by atoms with Crippen LogP contribution in [-0.2, 0) is 31.0 Å². The summed E-state index contributed by atoms with van der Waals surface area (Å²) in [4.78, 5) is 28.6. The van der Waals surface area contributed by atoms with Gasteiger partial charge in [0.25, 0.3) is 0 Å². The minimum atomic E-state index is -0.542. The molecule has 1 saturated carbocycles. The molecule has 0 amide bonds. The largest absolute Gasteiger partial charge is 0.494 e. The van der Waals surface area contributed by atoms with Crippen LogP contribution in [0, 0.1) is 34.8 Å². The lowest BCUT2D eigenvalue weighted by Crippen LogP contribution is -2.26. The topological polar surface area (TPSA) is 120 Å². The van der Waals surface area contributed by atoms with Gasteiger partial charge in [0.1, 0.15) is 35.3 Å². The molecule has 0 bridgehead atoms. The van der Waals surface area contributed by atoms with Crippen LogP contribution >= 0.6 is 0 Å². The van der Waals surface area contributed by atoms with E-state index in [9.17, 15) is 9.18 Å². The number of benzene rings is 2. The van der Waals surface area contributed by atoms with E-state index in [1.54, 1.807) is 25.6 Å². The smallest absolute Gasteiger partial charge is 0.338 e. The Morgan fingerprint density at radius 2 is 1.85 bits per heavy atom. The van der Waals surface area contributed by atoms with Gasteiger partial charge in [-0.15, -0.1) is 0 Å². The van der Waals surface area contributed by atoms with Crippen LogP contribution in [0.2, 0.25) is 0 Å². The van der Waals surface area contributed by atoms with Crippen molar-refractivity contribution in [3.05, 3.63) is 101 Å². The van der Waals surface area contributed by atoms with E-state index in [4.69, 9.17) is 24.5 Å². The number of imidazole rings is 2. The SMILES string of the molecule is CCn1cncc1Cn1c(CN2C[C@@H]3C(c4nc(OCc5ccc(C#N)cc5F)ccc4F)[C@@H]3C2)nc2c(OC)cc(C(=O)OC)cc21. The monoisotopic (exact) mass is 653 g/mol. The van der Waals surface area contributed by atoms with Gasteiger partial charge < -0.3 is 23.3 Å². The number of aromatic nitrogens is 5. The van der Waals surface area contributed by atoms with E-state index >= 15 is 4.39 Å². The molecule has 13 heteroatoms. The van der Waals surface area contributed by atoms with Gasteiger partial charge in [0.05, 0.1) is 67.7 Å². The molecule has 0 radical (unpaired) electrons. The first-order valence-electron chi connectivity index (χ1n) is 15.7. The normalized spacial score (nSPS) is 18.5. The number of esters is 1. The summed E-state index contributed by atoms with van der Waals surface area (Å²) >= 11 is 0. The van der Waals surface area contributed by atoms with Gasteiger partial charge in [0.15, 0.2) is 0 Å². The van der Waals surface area contributed by atoms with Gasteiger partial charge in [0.2, 0.25) is 5.88 Å². The first-order chi connectivity index (χ1) is 23.3. The highest BCUT2D eigenvalue weighted by molar-refractivity contribution is 5.96. The van der Waals surface area contributed by atoms with Crippen LogP contribution in [-0.4, -0.2) is 62.3 Å². The van der Waals surface area contributed by atoms with E-state index < -0.39 is 11.8 Å². The summed E-state index contributed by atoms with van der Waals surface area (Å²) in [6, 6.07) is 12.3. The van der Waals surface area contributed by atoms with Crippen LogP contribution in [0.15, 0.2) is 55.0 Å². The van der Waals surface area contributed by atoms with E-state index in [-0.39, 0.29) is 47.2 Å². The number of nitrogens with zero attached hydrogens (tertiary/aromatic N) is 7. The molecule has 1 unspecified atom stereocenters. The predicted octanol–water partition coefficient (Wildman–Crippen LogP) is 5.07. The minimum absolute atomic E-state index is 0.0446. The number of likely N-dealkylation sites (tertiary alicyclic amines) is 1. The van der Waals surface area contributed by atoms with Gasteiger partial charge >= 0.3 is 5.97 Å². The third kappa shape index (κ3) is 5.73. The van der Waals surface area contributed by atoms with Gasteiger partial charge in [-0.2, -0.15) is 5.26 Å². The molecule has 1 saturated heterocycles. The second-order valence-electron chi connectivity index (χ2n) is 12.1. The number of hydrogen-bond acceptors (Lipinski definition) is 9. The van der Waals surface area contributed by atoms with Crippen molar-refractivity contribution in [2.45, 2.75) is 39.1 Å². The van der Waals surface area contributed by atoms with Crippen molar-refractivity contribution in [1.29, 1.82) is 5.26 Å². The molecule has 4 heterocycles. The van der Waals surface area contributed by atoms with E-state index in [1.807, 2.05) is 12.3 Å². The highest BCUT2D eigenvalue weighted by atomic mass is 19.1. The molecule has 5 aromatic rings. The van der Waals surface area contributed by atoms with Crippen molar-refractivity contribution in [3.63, 3.8) is 0 Å². The fourth-order valence-corrected chi connectivity index (χ4v) is 6.84. The summed E-state index contributed by atoms with van der Waals surface area (Å²) in [5.41, 5.74) is 3.63. The Hall–Kier alpha value is -5.35. The molecule has 2 aliphatic rings. The Bertz CT molecular complexity index is 2060. The molecule has 246 valence electrons. The summed E-state index contributed by atoms with van der Waals surface area (Å²) < 4.78 is 49.9. The third-order valence-electron chi connectivity index (χ3n) is 9.35. The van der Waals surface area contributed by atoms with Gasteiger partial charge in [-0.25, -0.2) is 28.5 Å². The number of nitriles is 1.